The van der Waals surface area contributed by atoms with Crippen molar-refractivity contribution in [3.63, 3.8) is 0 Å². The van der Waals surface area contributed by atoms with Gasteiger partial charge in [0.15, 0.2) is 5.13 Å². The molecule has 0 fully saturated rings. The van der Waals surface area contributed by atoms with Gasteiger partial charge in [-0.05, 0) is 19.1 Å². The second kappa shape index (κ2) is 7.23. The summed E-state index contributed by atoms with van der Waals surface area (Å²) in [6.45, 7) is 1.78. The number of anilines is 1. The summed E-state index contributed by atoms with van der Waals surface area (Å²) in [5, 5.41) is 5.05. The van der Waals surface area contributed by atoms with Crippen LogP contribution in [0.3, 0.4) is 0 Å². The molecule has 136 valence electrons. The molecule has 0 saturated heterocycles. The van der Waals surface area contributed by atoms with Gasteiger partial charge in [-0.15, -0.1) is 22.7 Å². The number of amides is 1. The highest BCUT2D eigenvalue weighted by molar-refractivity contribution is 7.89. The number of hydrogen-bond acceptors (Lipinski definition) is 7. The Hall–Kier alpha value is -2.14. The van der Waals surface area contributed by atoms with Gasteiger partial charge >= 0.3 is 0 Å². The van der Waals surface area contributed by atoms with E-state index in [0.29, 0.717) is 21.4 Å². The summed E-state index contributed by atoms with van der Waals surface area (Å²) >= 11 is 2.58. The van der Waals surface area contributed by atoms with E-state index in [1.807, 2.05) is 5.38 Å². The van der Waals surface area contributed by atoms with Gasteiger partial charge in [0.25, 0.3) is 5.91 Å². The zero-order valence-electron chi connectivity index (χ0n) is 14.3. The first-order valence-electron chi connectivity index (χ1n) is 7.49. The molecule has 0 unspecified atom stereocenters. The fraction of sp³-hybridized carbons (Fsp3) is 0.188. The fourth-order valence-electron chi connectivity index (χ4n) is 2.15. The van der Waals surface area contributed by atoms with Crippen molar-refractivity contribution in [2.75, 3.05) is 19.4 Å². The van der Waals surface area contributed by atoms with Crippen molar-refractivity contribution in [1.82, 2.24) is 14.3 Å². The molecule has 0 aliphatic rings. The molecule has 0 aliphatic carbocycles. The van der Waals surface area contributed by atoms with Gasteiger partial charge in [0.1, 0.15) is 4.88 Å². The normalized spacial score (nSPS) is 11.7. The molecule has 0 aliphatic heterocycles. The first-order valence-corrected chi connectivity index (χ1v) is 10.7. The third-order valence-electron chi connectivity index (χ3n) is 3.61. The van der Waals surface area contributed by atoms with Crippen molar-refractivity contribution in [2.24, 2.45) is 0 Å². The maximum Gasteiger partial charge on any atom is 0.269 e. The Labute approximate surface area is 159 Å². The molecule has 1 amide bonds. The molecule has 26 heavy (non-hydrogen) atoms. The minimum Gasteiger partial charge on any atom is -0.297 e. The maximum absolute atomic E-state index is 12.2. The highest BCUT2D eigenvalue weighted by atomic mass is 32.2. The molecule has 2 heterocycles. The molecule has 0 atom stereocenters. The predicted octanol–water partition coefficient (Wildman–Crippen LogP) is 3.08. The summed E-state index contributed by atoms with van der Waals surface area (Å²) in [4.78, 5) is 21.4. The van der Waals surface area contributed by atoms with Crippen LogP contribution in [-0.2, 0) is 10.0 Å². The minimum absolute atomic E-state index is 0.218. The number of nitrogens with one attached hydrogen (secondary N) is 1. The van der Waals surface area contributed by atoms with E-state index in [0.717, 1.165) is 5.56 Å². The van der Waals surface area contributed by atoms with Gasteiger partial charge in [-0.25, -0.2) is 22.7 Å². The lowest BCUT2D eigenvalue weighted by Crippen LogP contribution is -2.22. The van der Waals surface area contributed by atoms with Crippen LogP contribution in [0.4, 0.5) is 5.13 Å². The lowest BCUT2D eigenvalue weighted by Gasteiger charge is -2.11. The van der Waals surface area contributed by atoms with Gasteiger partial charge in [-0.1, -0.05) is 12.1 Å². The number of aryl methyl sites for hydroxylation is 1. The SMILES string of the molecule is Cc1ncsc1C(=O)Nc1nc(-c2ccc(S(=O)(=O)N(C)C)cc2)cs1. The summed E-state index contributed by atoms with van der Waals surface area (Å²) in [7, 11) is -0.483. The third-order valence-corrected chi connectivity index (χ3v) is 7.12. The van der Waals surface area contributed by atoms with E-state index in [-0.39, 0.29) is 10.8 Å². The highest BCUT2D eigenvalue weighted by Crippen LogP contribution is 2.27. The zero-order chi connectivity index (χ0) is 18.9. The van der Waals surface area contributed by atoms with Gasteiger partial charge in [0, 0.05) is 25.0 Å². The van der Waals surface area contributed by atoms with Crippen molar-refractivity contribution >= 4 is 43.7 Å². The Morgan fingerprint density at radius 1 is 1.15 bits per heavy atom. The number of benzene rings is 1. The molecule has 3 aromatic rings. The summed E-state index contributed by atoms with van der Waals surface area (Å²) < 4.78 is 25.4. The lowest BCUT2D eigenvalue weighted by molar-refractivity contribution is 0.103. The standard InChI is InChI=1S/C16H16N4O3S3/c1-10-14(25-9-17-10)15(21)19-16-18-13(8-24-16)11-4-6-12(7-5-11)26(22,23)20(2)3/h4-9H,1-3H3,(H,18,19,21). The van der Waals surface area contributed by atoms with Gasteiger partial charge in [0.2, 0.25) is 10.0 Å². The average Bonchev–Trinajstić information content (AvgIpc) is 3.24. The van der Waals surface area contributed by atoms with Gasteiger partial charge < -0.3 is 0 Å². The van der Waals surface area contributed by atoms with Crippen LogP contribution in [0.25, 0.3) is 11.3 Å². The Balaban J connectivity index is 1.78. The largest absolute Gasteiger partial charge is 0.297 e. The van der Waals surface area contributed by atoms with E-state index < -0.39 is 10.0 Å². The number of carbonyl (C=O) groups excluding carboxylic acids is 1. The molecule has 1 aromatic carbocycles. The van der Waals surface area contributed by atoms with Crippen molar-refractivity contribution in [1.29, 1.82) is 0 Å². The number of thiazole rings is 2. The van der Waals surface area contributed by atoms with Crippen LogP contribution in [0.1, 0.15) is 15.4 Å². The topological polar surface area (TPSA) is 92.3 Å². The Kier molecular flexibility index (Phi) is 5.19. The van der Waals surface area contributed by atoms with Crippen molar-refractivity contribution in [2.45, 2.75) is 11.8 Å². The smallest absolute Gasteiger partial charge is 0.269 e. The number of carbonyl (C=O) groups is 1. The minimum atomic E-state index is -3.46. The molecule has 0 bridgehead atoms. The number of aromatic nitrogens is 2. The lowest BCUT2D eigenvalue weighted by atomic mass is 10.2. The van der Waals surface area contributed by atoms with Crippen LogP contribution in [-0.4, -0.2) is 42.7 Å². The quantitative estimate of drug-likeness (QED) is 0.700. The van der Waals surface area contributed by atoms with Gasteiger partial charge in [-0.3, -0.25) is 10.1 Å². The van der Waals surface area contributed by atoms with E-state index in [4.69, 9.17) is 0 Å². The monoisotopic (exact) mass is 408 g/mol. The van der Waals surface area contributed by atoms with Crippen LogP contribution < -0.4 is 5.32 Å². The highest BCUT2D eigenvalue weighted by Gasteiger charge is 2.17. The second-order valence-corrected chi connectivity index (χ2v) is 9.44. The summed E-state index contributed by atoms with van der Waals surface area (Å²) in [6.07, 6.45) is 0. The molecule has 10 heteroatoms. The number of hydrogen-bond donors (Lipinski definition) is 1. The molecule has 1 N–H and O–H groups in total. The van der Waals surface area contributed by atoms with Crippen molar-refractivity contribution in [3.05, 3.63) is 45.7 Å². The van der Waals surface area contributed by atoms with Crippen LogP contribution in [0.5, 0.6) is 0 Å². The van der Waals surface area contributed by atoms with E-state index >= 15 is 0 Å². The number of sulfonamides is 1. The molecular formula is C16H16N4O3S3. The summed E-state index contributed by atoms with van der Waals surface area (Å²) in [5.41, 5.74) is 3.75. The number of nitrogens with zero attached hydrogens (tertiary/aromatic N) is 3. The molecule has 0 radical (unpaired) electrons. The Bertz CT molecular complexity index is 1040. The molecular weight excluding hydrogens is 392 g/mol. The van der Waals surface area contributed by atoms with Gasteiger partial charge in [-0.2, -0.15) is 0 Å². The third kappa shape index (κ3) is 3.68. The molecule has 3 rings (SSSR count). The second-order valence-electron chi connectivity index (χ2n) is 5.57. The van der Waals surface area contributed by atoms with Crippen LogP contribution in [0.2, 0.25) is 0 Å². The van der Waals surface area contributed by atoms with E-state index in [2.05, 4.69) is 15.3 Å². The molecule has 7 nitrogen and oxygen atoms in total. The Morgan fingerprint density at radius 3 is 2.42 bits per heavy atom. The first-order chi connectivity index (χ1) is 12.3. The summed E-state index contributed by atoms with van der Waals surface area (Å²) in [6, 6.07) is 6.49. The predicted molar refractivity (Wildman–Crippen MR) is 103 cm³/mol. The fourth-order valence-corrected chi connectivity index (χ4v) is 4.46. The van der Waals surface area contributed by atoms with Crippen LogP contribution in [0, 0.1) is 6.92 Å². The van der Waals surface area contributed by atoms with Crippen LogP contribution in [0.15, 0.2) is 40.1 Å². The van der Waals surface area contributed by atoms with Crippen molar-refractivity contribution in [3.8, 4) is 11.3 Å². The van der Waals surface area contributed by atoms with Crippen LogP contribution >= 0.6 is 22.7 Å². The number of rotatable bonds is 5. The van der Waals surface area contributed by atoms with E-state index in [1.165, 1.54) is 41.1 Å². The molecule has 0 spiro atoms. The average molecular weight is 409 g/mol. The van der Waals surface area contributed by atoms with Gasteiger partial charge in [0.05, 0.1) is 21.8 Å². The van der Waals surface area contributed by atoms with E-state index in [1.54, 1.807) is 36.7 Å². The maximum atomic E-state index is 12.2. The van der Waals surface area contributed by atoms with Crippen molar-refractivity contribution < 1.29 is 13.2 Å². The molecule has 0 saturated carbocycles. The Morgan fingerprint density at radius 2 is 1.85 bits per heavy atom. The molecule has 2 aromatic heterocycles. The summed E-state index contributed by atoms with van der Waals surface area (Å²) in [5.74, 6) is -0.238. The van der Waals surface area contributed by atoms with E-state index in [9.17, 15) is 13.2 Å². The zero-order valence-corrected chi connectivity index (χ0v) is 16.7. The first kappa shape index (κ1) is 18.6.